The number of nitrogens with two attached hydrogens (primary N) is 1. The van der Waals surface area contributed by atoms with Crippen LogP contribution < -0.4 is 5.73 Å². The first kappa shape index (κ1) is 11.8. The third-order valence-corrected chi connectivity index (χ3v) is 4.37. The molecule has 0 aliphatic carbocycles. The Morgan fingerprint density at radius 1 is 1.38 bits per heavy atom. The maximum atomic E-state index is 13.7. The molecular weight excluding hydrogens is 289 g/mol. The maximum absolute atomic E-state index is 13.7. The zero-order valence-electron chi connectivity index (χ0n) is 8.71. The molecule has 0 amide bonds. The minimum Gasteiger partial charge on any atom is -0.319 e. The Morgan fingerprint density at radius 3 is 2.69 bits per heavy atom. The van der Waals surface area contributed by atoms with E-state index in [2.05, 4.69) is 15.9 Å². The Hall–Kier alpha value is -0.710. The van der Waals surface area contributed by atoms with Gasteiger partial charge in [0, 0.05) is 14.9 Å². The van der Waals surface area contributed by atoms with Crippen LogP contribution in [0.4, 0.5) is 4.39 Å². The van der Waals surface area contributed by atoms with E-state index in [0.717, 1.165) is 14.9 Å². The van der Waals surface area contributed by atoms with Crippen LogP contribution in [0, 0.1) is 12.7 Å². The second kappa shape index (κ2) is 4.65. The van der Waals surface area contributed by atoms with Crippen LogP contribution in [0.3, 0.4) is 0 Å². The second-order valence-corrected chi connectivity index (χ2v) is 5.44. The summed E-state index contributed by atoms with van der Waals surface area (Å²) < 4.78 is 14.7. The molecule has 0 spiro atoms. The van der Waals surface area contributed by atoms with E-state index in [9.17, 15) is 4.39 Å². The predicted octanol–water partition coefficient (Wildman–Crippen LogP) is 4.01. The van der Waals surface area contributed by atoms with Gasteiger partial charge >= 0.3 is 0 Å². The molecule has 2 rings (SSSR count). The normalized spacial score (nSPS) is 12.8. The quantitative estimate of drug-likeness (QED) is 0.891. The average Bonchev–Trinajstić information content (AvgIpc) is 2.63. The Bertz CT molecular complexity index is 509. The lowest BCUT2D eigenvalue weighted by Gasteiger charge is -2.12. The van der Waals surface area contributed by atoms with Crippen molar-refractivity contribution in [1.82, 2.24) is 0 Å². The number of hydrogen-bond acceptors (Lipinski definition) is 2. The van der Waals surface area contributed by atoms with Crippen molar-refractivity contribution in [2.24, 2.45) is 5.73 Å². The van der Waals surface area contributed by atoms with Crippen molar-refractivity contribution in [3.8, 4) is 0 Å². The molecule has 0 saturated carbocycles. The van der Waals surface area contributed by atoms with Crippen LogP contribution in [0.25, 0.3) is 0 Å². The SMILES string of the molecule is Cc1ccc(C(N)c2sccc2Br)c(F)c1. The zero-order valence-corrected chi connectivity index (χ0v) is 11.1. The number of rotatable bonds is 2. The van der Waals surface area contributed by atoms with Gasteiger partial charge in [-0.3, -0.25) is 0 Å². The Balaban J connectivity index is 2.41. The van der Waals surface area contributed by atoms with E-state index in [-0.39, 0.29) is 5.82 Å². The first-order valence-corrected chi connectivity index (χ1v) is 6.51. The molecule has 1 nitrogen and oxygen atoms in total. The van der Waals surface area contributed by atoms with Crippen molar-refractivity contribution in [3.05, 3.63) is 55.9 Å². The van der Waals surface area contributed by atoms with Crippen LogP contribution in [-0.2, 0) is 0 Å². The van der Waals surface area contributed by atoms with Gasteiger partial charge in [-0.05, 0) is 45.9 Å². The molecule has 16 heavy (non-hydrogen) atoms. The molecule has 0 saturated heterocycles. The Morgan fingerprint density at radius 2 is 2.12 bits per heavy atom. The lowest BCUT2D eigenvalue weighted by molar-refractivity contribution is 0.599. The first-order chi connectivity index (χ1) is 7.59. The largest absolute Gasteiger partial charge is 0.319 e. The van der Waals surface area contributed by atoms with Gasteiger partial charge in [0.25, 0.3) is 0 Å². The highest BCUT2D eigenvalue weighted by Crippen LogP contribution is 2.32. The Kier molecular flexibility index (Phi) is 3.42. The summed E-state index contributed by atoms with van der Waals surface area (Å²) >= 11 is 4.94. The third kappa shape index (κ3) is 2.19. The second-order valence-electron chi connectivity index (χ2n) is 3.64. The van der Waals surface area contributed by atoms with E-state index < -0.39 is 6.04 Å². The highest BCUT2D eigenvalue weighted by atomic mass is 79.9. The van der Waals surface area contributed by atoms with Crippen LogP contribution in [0.5, 0.6) is 0 Å². The van der Waals surface area contributed by atoms with E-state index in [1.54, 1.807) is 6.07 Å². The highest BCUT2D eigenvalue weighted by molar-refractivity contribution is 9.10. The van der Waals surface area contributed by atoms with Gasteiger partial charge < -0.3 is 5.73 Å². The average molecular weight is 300 g/mol. The fraction of sp³-hybridized carbons (Fsp3) is 0.167. The van der Waals surface area contributed by atoms with Crippen molar-refractivity contribution >= 4 is 27.3 Å². The topological polar surface area (TPSA) is 26.0 Å². The number of aryl methyl sites for hydroxylation is 1. The van der Waals surface area contributed by atoms with E-state index in [1.165, 1.54) is 17.4 Å². The lowest BCUT2D eigenvalue weighted by atomic mass is 10.0. The highest BCUT2D eigenvalue weighted by Gasteiger charge is 2.17. The molecule has 2 aromatic rings. The minimum atomic E-state index is -0.407. The molecular formula is C12H11BrFNS. The van der Waals surface area contributed by atoms with Crippen molar-refractivity contribution in [3.63, 3.8) is 0 Å². The fourth-order valence-corrected chi connectivity index (χ4v) is 3.19. The summed E-state index contributed by atoms with van der Waals surface area (Å²) in [4.78, 5) is 0.947. The van der Waals surface area contributed by atoms with Gasteiger partial charge in [0.15, 0.2) is 0 Å². The van der Waals surface area contributed by atoms with Crippen LogP contribution >= 0.6 is 27.3 Å². The molecule has 1 aromatic heterocycles. The smallest absolute Gasteiger partial charge is 0.128 e. The van der Waals surface area contributed by atoms with Crippen molar-refractivity contribution < 1.29 is 4.39 Å². The van der Waals surface area contributed by atoms with Gasteiger partial charge in [-0.2, -0.15) is 0 Å². The van der Waals surface area contributed by atoms with Crippen LogP contribution in [0.2, 0.25) is 0 Å². The van der Waals surface area contributed by atoms with Crippen LogP contribution in [-0.4, -0.2) is 0 Å². The lowest BCUT2D eigenvalue weighted by Crippen LogP contribution is -2.12. The van der Waals surface area contributed by atoms with Crippen molar-refractivity contribution in [2.45, 2.75) is 13.0 Å². The molecule has 0 fully saturated rings. The van der Waals surface area contributed by atoms with E-state index in [0.29, 0.717) is 5.56 Å². The number of benzene rings is 1. The van der Waals surface area contributed by atoms with Gasteiger partial charge in [-0.25, -0.2) is 4.39 Å². The molecule has 0 aliphatic rings. The molecule has 2 N–H and O–H groups in total. The fourth-order valence-electron chi connectivity index (χ4n) is 1.55. The molecule has 84 valence electrons. The van der Waals surface area contributed by atoms with Crippen molar-refractivity contribution in [1.29, 1.82) is 0 Å². The maximum Gasteiger partial charge on any atom is 0.128 e. The summed E-state index contributed by atoms with van der Waals surface area (Å²) in [6.45, 7) is 1.86. The van der Waals surface area contributed by atoms with E-state index in [1.807, 2.05) is 24.4 Å². The minimum absolute atomic E-state index is 0.243. The van der Waals surface area contributed by atoms with Crippen LogP contribution in [0.1, 0.15) is 22.0 Å². The summed E-state index contributed by atoms with van der Waals surface area (Å²) in [6, 6.07) is 6.65. The molecule has 1 heterocycles. The van der Waals surface area contributed by atoms with Crippen molar-refractivity contribution in [2.75, 3.05) is 0 Å². The summed E-state index contributed by atoms with van der Waals surface area (Å²) in [6.07, 6.45) is 0. The summed E-state index contributed by atoms with van der Waals surface area (Å²) in [5.74, 6) is -0.243. The molecule has 1 aromatic carbocycles. The number of thiophene rings is 1. The molecule has 0 bridgehead atoms. The molecule has 1 unspecified atom stereocenters. The Labute approximate surface area is 106 Å². The van der Waals surface area contributed by atoms with Gasteiger partial charge in [0.2, 0.25) is 0 Å². The van der Waals surface area contributed by atoms with Gasteiger partial charge in [0.1, 0.15) is 5.82 Å². The predicted molar refractivity (Wildman–Crippen MR) is 69.2 cm³/mol. The molecule has 4 heteroatoms. The standard InChI is InChI=1S/C12H11BrFNS/c1-7-2-3-8(10(14)6-7)11(15)12-9(13)4-5-16-12/h2-6,11H,15H2,1H3. The summed E-state index contributed by atoms with van der Waals surface area (Å²) in [5, 5.41) is 1.94. The summed E-state index contributed by atoms with van der Waals surface area (Å²) in [5.41, 5.74) is 7.49. The first-order valence-electron chi connectivity index (χ1n) is 4.84. The molecule has 1 atom stereocenters. The van der Waals surface area contributed by atoms with Gasteiger partial charge in [-0.1, -0.05) is 12.1 Å². The van der Waals surface area contributed by atoms with E-state index >= 15 is 0 Å². The third-order valence-electron chi connectivity index (χ3n) is 2.42. The molecule has 0 aliphatic heterocycles. The number of halogens is 2. The zero-order chi connectivity index (χ0) is 11.7. The summed E-state index contributed by atoms with van der Waals surface area (Å²) in [7, 11) is 0. The molecule has 0 radical (unpaired) electrons. The van der Waals surface area contributed by atoms with Gasteiger partial charge in [-0.15, -0.1) is 11.3 Å². The number of hydrogen-bond donors (Lipinski definition) is 1. The monoisotopic (exact) mass is 299 g/mol. The van der Waals surface area contributed by atoms with E-state index in [4.69, 9.17) is 5.73 Å². The van der Waals surface area contributed by atoms with Crippen LogP contribution in [0.15, 0.2) is 34.1 Å². The van der Waals surface area contributed by atoms with Gasteiger partial charge in [0.05, 0.1) is 6.04 Å².